The van der Waals surface area contributed by atoms with Gasteiger partial charge in [-0.2, -0.15) is 5.10 Å². The van der Waals surface area contributed by atoms with Crippen LogP contribution in [0.5, 0.6) is 0 Å². The quantitative estimate of drug-likeness (QED) is 0.717. The Bertz CT molecular complexity index is 976. The number of nitrogens with zero attached hydrogens (tertiary/aromatic N) is 5. The summed E-state index contributed by atoms with van der Waals surface area (Å²) in [6.07, 6.45) is 3.45. The van der Waals surface area contributed by atoms with E-state index in [9.17, 15) is 9.59 Å². The fourth-order valence-electron chi connectivity index (χ4n) is 4.84. The molecule has 3 amide bonds. The van der Waals surface area contributed by atoms with E-state index in [1.807, 2.05) is 9.80 Å². The van der Waals surface area contributed by atoms with Gasteiger partial charge in [-0.25, -0.2) is 4.79 Å². The van der Waals surface area contributed by atoms with E-state index >= 15 is 0 Å². The van der Waals surface area contributed by atoms with Gasteiger partial charge in [-0.1, -0.05) is 27.3 Å². The number of urea groups is 1. The number of amides is 3. The zero-order valence-corrected chi connectivity index (χ0v) is 19.4. The molecule has 9 nitrogen and oxygen atoms in total. The highest BCUT2D eigenvalue weighted by Gasteiger charge is 2.48. The van der Waals surface area contributed by atoms with Crippen molar-refractivity contribution < 1.29 is 9.59 Å². The van der Waals surface area contributed by atoms with Crippen molar-refractivity contribution in [2.45, 2.75) is 66.1 Å². The first-order valence-corrected chi connectivity index (χ1v) is 11.5. The van der Waals surface area contributed by atoms with E-state index in [4.69, 9.17) is 0 Å². The van der Waals surface area contributed by atoms with Crippen molar-refractivity contribution in [2.24, 2.45) is 0 Å². The van der Waals surface area contributed by atoms with Crippen LogP contribution in [0.2, 0.25) is 0 Å². The van der Waals surface area contributed by atoms with Crippen molar-refractivity contribution in [1.29, 1.82) is 0 Å². The maximum Gasteiger partial charge on any atom is 0.321 e. The van der Waals surface area contributed by atoms with E-state index in [-0.39, 0.29) is 25.4 Å². The molecule has 1 fully saturated rings. The van der Waals surface area contributed by atoms with Crippen LogP contribution in [0.3, 0.4) is 0 Å². The molecule has 2 aromatic rings. The topological polar surface area (TPSA) is 97.5 Å². The van der Waals surface area contributed by atoms with Crippen LogP contribution in [-0.4, -0.2) is 74.0 Å². The molecule has 2 aliphatic rings. The van der Waals surface area contributed by atoms with Crippen molar-refractivity contribution >= 4 is 17.8 Å². The van der Waals surface area contributed by atoms with Crippen LogP contribution in [0.25, 0.3) is 0 Å². The van der Waals surface area contributed by atoms with E-state index in [0.717, 1.165) is 50.3 Å². The molecule has 2 atom stereocenters. The van der Waals surface area contributed by atoms with Gasteiger partial charge in [0.1, 0.15) is 5.69 Å². The first kappa shape index (κ1) is 24.7. The maximum absolute atomic E-state index is 13.7. The number of hydrogen-bond donors (Lipinski definition) is 2. The van der Waals surface area contributed by atoms with Crippen LogP contribution in [-0.2, 0) is 12.1 Å². The molecule has 1 saturated heterocycles. The van der Waals surface area contributed by atoms with Crippen LogP contribution in [0, 0.1) is 0 Å². The highest BCUT2D eigenvalue weighted by molar-refractivity contribution is 6.02. The van der Waals surface area contributed by atoms with E-state index in [0.29, 0.717) is 18.1 Å². The Morgan fingerprint density at radius 3 is 2.70 bits per heavy atom. The Hall–Kier alpha value is -2.94. The minimum atomic E-state index is -0.506. The van der Waals surface area contributed by atoms with E-state index in [1.54, 1.807) is 24.4 Å². The van der Waals surface area contributed by atoms with Gasteiger partial charge in [-0.15, -0.1) is 0 Å². The van der Waals surface area contributed by atoms with Gasteiger partial charge in [0.05, 0.1) is 17.8 Å². The number of carbonyl (C=O) groups is 2. The number of carbonyl (C=O) groups excluding carboxylic acids is 2. The molecule has 0 aromatic carbocycles. The third-order valence-corrected chi connectivity index (χ3v) is 6.86. The molecule has 2 aromatic heterocycles. The lowest BCUT2D eigenvalue weighted by molar-refractivity contribution is 0.0534. The van der Waals surface area contributed by atoms with Crippen LogP contribution in [0.1, 0.15) is 69.7 Å². The molecular formula is C24H37N7O2. The van der Waals surface area contributed by atoms with Gasteiger partial charge >= 0.3 is 6.03 Å². The lowest BCUT2D eigenvalue weighted by Crippen LogP contribution is -2.59. The van der Waals surface area contributed by atoms with Crippen molar-refractivity contribution in [1.82, 2.24) is 29.9 Å². The normalized spacial score (nSPS) is 22.6. The average molecular weight is 456 g/mol. The molecule has 33 heavy (non-hydrogen) atoms. The second kappa shape index (κ2) is 9.91. The minimum absolute atomic E-state index is 0. The first-order chi connectivity index (χ1) is 15.4. The molecule has 4 rings (SSSR count). The zero-order valence-electron chi connectivity index (χ0n) is 19.4. The Morgan fingerprint density at radius 1 is 1.27 bits per heavy atom. The minimum Gasteiger partial charge on any atom is -0.319 e. The fraction of sp³-hybridized carbons (Fsp3) is 0.583. The first-order valence-electron chi connectivity index (χ1n) is 11.5. The monoisotopic (exact) mass is 455 g/mol. The number of fused-ring (bicyclic) bond motifs is 1. The zero-order chi connectivity index (χ0) is 22.9. The van der Waals surface area contributed by atoms with Crippen LogP contribution in [0.4, 0.5) is 10.6 Å². The molecule has 1 unspecified atom stereocenters. The lowest BCUT2D eigenvalue weighted by Gasteiger charge is -2.44. The van der Waals surface area contributed by atoms with Gasteiger partial charge in [0.25, 0.3) is 5.91 Å². The van der Waals surface area contributed by atoms with Crippen molar-refractivity contribution in [3.63, 3.8) is 0 Å². The van der Waals surface area contributed by atoms with Crippen molar-refractivity contribution in [3.8, 4) is 0 Å². The fourth-order valence-corrected chi connectivity index (χ4v) is 4.84. The van der Waals surface area contributed by atoms with E-state index in [1.165, 1.54) is 0 Å². The SMILES string of the molecule is C.CCCN1CCN(C(=O)N2Cc3c(NC(=O)c4ccccn4)n[nH]c3C2(C)CC)[C@@H](C)C1. The summed E-state index contributed by atoms with van der Waals surface area (Å²) in [6, 6.07) is 5.40. The van der Waals surface area contributed by atoms with Crippen LogP contribution in [0.15, 0.2) is 24.4 Å². The molecule has 0 bridgehead atoms. The lowest BCUT2D eigenvalue weighted by atomic mass is 9.94. The molecule has 0 spiro atoms. The number of pyridine rings is 1. The number of H-pyrrole nitrogens is 1. The molecular weight excluding hydrogens is 418 g/mol. The predicted molar refractivity (Wildman–Crippen MR) is 129 cm³/mol. The molecule has 0 aliphatic carbocycles. The van der Waals surface area contributed by atoms with Crippen molar-refractivity contribution in [2.75, 3.05) is 31.5 Å². The second-order valence-electron chi connectivity index (χ2n) is 8.93. The Balaban J connectivity index is 0.00000306. The summed E-state index contributed by atoms with van der Waals surface area (Å²) in [5.41, 5.74) is 1.58. The van der Waals surface area contributed by atoms with Gasteiger partial charge in [-0.3, -0.25) is 19.8 Å². The summed E-state index contributed by atoms with van der Waals surface area (Å²) in [6.45, 7) is 12.5. The van der Waals surface area contributed by atoms with Crippen LogP contribution >= 0.6 is 0 Å². The van der Waals surface area contributed by atoms with Gasteiger partial charge in [0.2, 0.25) is 0 Å². The van der Waals surface area contributed by atoms with E-state index < -0.39 is 5.54 Å². The van der Waals surface area contributed by atoms with Gasteiger partial charge in [0.15, 0.2) is 5.82 Å². The Morgan fingerprint density at radius 2 is 2.06 bits per heavy atom. The molecule has 0 saturated carbocycles. The number of aromatic nitrogens is 3. The number of anilines is 1. The third-order valence-electron chi connectivity index (χ3n) is 6.86. The number of rotatable bonds is 5. The number of aromatic amines is 1. The molecule has 180 valence electrons. The summed E-state index contributed by atoms with van der Waals surface area (Å²) in [5.74, 6) is 0.148. The van der Waals surface area contributed by atoms with E-state index in [2.05, 4.69) is 53.1 Å². The smallest absolute Gasteiger partial charge is 0.319 e. The summed E-state index contributed by atoms with van der Waals surface area (Å²) >= 11 is 0. The largest absolute Gasteiger partial charge is 0.321 e. The number of nitrogens with one attached hydrogen (secondary N) is 2. The highest BCUT2D eigenvalue weighted by atomic mass is 16.2. The summed E-state index contributed by atoms with van der Waals surface area (Å²) in [7, 11) is 0. The van der Waals surface area contributed by atoms with Gasteiger partial charge in [-0.05, 0) is 45.4 Å². The number of hydrogen-bond acceptors (Lipinski definition) is 5. The predicted octanol–water partition coefficient (Wildman–Crippen LogP) is 3.67. The molecule has 0 radical (unpaired) electrons. The number of piperazine rings is 1. The third kappa shape index (κ3) is 4.46. The highest BCUT2D eigenvalue weighted by Crippen LogP contribution is 2.43. The van der Waals surface area contributed by atoms with Gasteiger partial charge in [0, 0.05) is 37.4 Å². The summed E-state index contributed by atoms with van der Waals surface area (Å²) < 4.78 is 0. The Labute approximate surface area is 196 Å². The molecule has 2 aliphatic heterocycles. The molecule has 9 heteroatoms. The standard InChI is InChI=1S/C23H33N7O2.CH4/c1-5-11-28-12-13-29(16(3)14-28)22(32)30-15-17-19(23(30,4)6-2)26-27-20(17)25-21(31)18-9-7-8-10-24-18;/h7-10,16H,5-6,11-15H2,1-4H3,(H2,25,26,27,31);1H4/t16-,23?;/m0./s1. The molecule has 4 heterocycles. The summed E-state index contributed by atoms with van der Waals surface area (Å²) in [4.78, 5) is 36.7. The summed E-state index contributed by atoms with van der Waals surface area (Å²) in [5, 5.41) is 10.3. The van der Waals surface area contributed by atoms with Crippen molar-refractivity contribution in [3.05, 3.63) is 41.3 Å². The Kier molecular flexibility index (Phi) is 7.41. The van der Waals surface area contributed by atoms with Gasteiger partial charge < -0.3 is 15.1 Å². The second-order valence-corrected chi connectivity index (χ2v) is 8.93. The van der Waals surface area contributed by atoms with Crippen LogP contribution < -0.4 is 5.32 Å². The average Bonchev–Trinajstić information content (AvgIpc) is 3.33. The molecule has 2 N–H and O–H groups in total. The maximum atomic E-state index is 13.7.